The van der Waals surface area contributed by atoms with Gasteiger partial charge in [0.05, 0.1) is 5.69 Å². The minimum absolute atomic E-state index is 0.259. The van der Waals surface area contributed by atoms with Crippen LogP contribution < -0.4 is 5.32 Å². The number of aryl methyl sites for hydroxylation is 2. The zero-order valence-corrected chi connectivity index (χ0v) is 12.6. The Labute approximate surface area is 122 Å². The van der Waals surface area contributed by atoms with Gasteiger partial charge in [0, 0.05) is 11.3 Å². The zero-order chi connectivity index (χ0) is 14.3. The molecule has 110 valence electrons. The fourth-order valence-corrected chi connectivity index (χ4v) is 3.99. The smallest absolute Gasteiger partial charge is 0.323 e. The van der Waals surface area contributed by atoms with Gasteiger partial charge in [-0.3, -0.25) is 10.1 Å². The van der Waals surface area contributed by atoms with E-state index >= 15 is 0 Å². The number of carboxylic acids is 1. The number of hydrogen-bond acceptors (Lipinski definition) is 5. The van der Waals surface area contributed by atoms with E-state index in [-0.39, 0.29) is 5.25 Å². The average molecular weight is 296 g/mol. The van der Waals surface area contributed by atoms with Crippen molar-refractivity contribution in [1.29, 1.82) is 0 Å². The summed E-state index contributed by atoms with van der Waals surface area (Å²) in [5.41, 5.74) is 0.168. The SMILES string of the molecule is Cc1nc(SC2CCC(NC3CC3)(C(=O)O)C2)oc1C. The van der Waals surface area contributed by atoms with E-state index in [0.717, 1.165) is 30.7 Å². The molecule has 2 aliphatic carbocycles. The highest BCUT2D eigenvalue weighted by atomic mass is 32.2. The number of hydrogen-bond donors (Lipinski definition) is 2. The molecule has 2 fully saturated rings. The van der Waals surface area contributed by atoms with Crippen molar-refractivity contribution in [1.82, 2.24) is 10.3 Å². The third-order valence-electron chi connectivity index (χ3n) is 4.21. The lowest BCUT2D eigenvalue weighted by molar-refractivity contribution is -0.144. The molecule has 2 unspecified atom stereocenters. The first kappa shape index (κ1) is 13.9. The highest BCUT2D eigenvalue weighted by Crippen LogP contribution is 2.42. The number of carboxylic acid groups (broad SMARTS) is 1. The topological polar surface area (TPSA) is 75.4 Å². The van der Waals surface area contributed by atoms with Gasteiger partial charge in [-0.1, -0.05) is 11.8 Å². The Bertz CT molecular complexity index is 507. The Hall–Kier alpha value is -1.01. The molecule has 0 aromatic carbocycles. The molecular formula is C14H20N2O3S. The van der Waals surface area contributed by atoms with Gasteiger partial charge in [0.15, 0.2) is 0 Å². The molecule has 0 radical (unpaired) electrons. The van der Waals surface area contributed by atoms with E-state index in [2.05, 4.69) is 10.3 Å². The molecule has 2 atom stereocenters. The monoisotopic (exact) mass is 296 g/mol. The predicted molar refractivity (Wildman–Crippen MR) is 76.0 cm³/mol. The first-order valence-electron chi connectivity index (χ1n) is 7.10. The summed E-state index contributed by atoms with van der Waals surface area (Å²) in [5.74, 6) is 0.123. The van der Waals surface area contributed by atoms with Crippen molar-refractivity contribution in [3.05, 3.63) is 11.5 Å². The lowest BCUT2D eigenvalue weighted by Gasteiger charge is -2.25. The van der Waals surface area contributed by atoms with Gasteiger partial charge in [-0.25, -0.2) is 4.98 Å². The van der Waals surface area contributed by atoms with Gasteiger partial charge in [0.25, 0.3) is 5.22 Å². The van der Waals surface area contributed by atoms with Crippen LogP contribution in [0.1, 0.15) is 43.6 Å². The Balaban J connectivity index is 1.66. The van der Waals surface area contributed by atoms with Crippen molar-refractivity contribution >= 4 is 17.7 Å². The van der Waals surface area contributed by atoms with E-state index in [4.69, 9.17) is 4.42 Å². The number of aromatic nitrogens is 1. The first-order valence-corrected chi connectivity index (χ1v) is 7.98. The minimum Gasteiger partial charge on any atom is -0.480 e. The van der Waals surface area contributed by atoms with Crippen molar-refractivity contribution < 1.29 is 14.3 Å². The molecule has 2 saturated carbocycles. The van der Waals surface area contributed by atoms with Crippen molar-refractivity contribution in [2.75, 3.05) is 0 Å². The number of nitrogens with zero attached hydrogens (tertiary/aromatic N) is 1. The van der Waals surface area contributed by atoms with E-state index in [1.54, 1.807) is 11.8 Å². The third-order valence-corrected chi connectivity index (χ3v) is 5.32. The molecule has 0 aliphatic heterocycles. The molecule has 20 heavy (non-hydrogen) atoms. The molecule has 0 spiro atoms. The molecule has 1 aromatic heterocycles. The van der Waals surface area contributed by atoms with Crippen molar-refractivity contribution in [3.63, 3.8) is 0 Å². The largest absolute Gasteiger partial charge is 0.480 e. The van der Waals surface area contributed by atoms with E-state index in [1.807, 2.05) is 13.8 Å². The van der Waals surface area contributed by atoms with Gasteiger partial charge in [-0.05, 0) is 46.0 Å². The third kappa shape index (κ3) is 2.72. The Morgan fingerprint density at radius 1 is 1.45 bits per heavy atom. The number of aliphatic carboxylic acids is 1. The van der Waals surface area contributed by atoms with E-state index in [0.29, 0.717) is 24.1 Å². The maximum Gasteiger partial charge on any atom is 0.323 e. The number of oxazole rings is 1. The van der Waals surface area contributed by atoms with Gasteiger partial charge in [-0.15, -0.1) is 0 Å². The summed E-state index contributed by atoms with van der Waals surface area (Å²) in [7, 11) is 0. The number of carbonyl (C=O) groups is 1. The molecule has 1 aromatic rings. The lowest BCUT2D eigenvalue weighted by Crippen LogP contribution is -2.51. The van der Waals surface area contributed by atoms with Crippen LogP contribution in [0.25, 0.3) is 0 Å². The number of thioether (sulfide) groups is 1. The fourth-order valence-electron chi connectivity index (χ4n) is 2.74. The molecule has 0 saturated heterocycles. The summed E-state index contributed by atoms with van der Waals surface area (Å²) in [5, 5.41) is 13.8. The van der Waals surface area contributed by atoms with E-state index in [9.17, 15) is 9.90 Å². The van der Waals surface area contributed by atoms with Crippen molar-refractivity contribution in [3.8, 4) is 0 Å². The zero-order valence-electron chi connectivity index (χ0n) is 11.8. The second-order valence-corrected chi connectivity index (χ2v) is 7.16. The summed E-state index contributed by atoms with van der Waals surface area (Å²) >= 11 is 1.57. The van der Waals surface area contributed by atoms with Crippen LogP contribution >= 0.6 is 11.8 Å². The highest BCUT2D eigenvalue weighted by molar-refractivity contribution is 7.99. The van der Waals surface area contributed by atoms with Gasteiger partial charge < -0.3 is 9.52 Å². The maximum absolute atomic E-state index is 11.6. The molecule has 3 rings (SSSR count). The molecule has 0 amide bonds. The van der Waals surface area contributed by atoms with E-state index < -0.39 is 11.5 Å². The summed E-state index contributed by atoms with van der Waals surface area (Å²) in [6.07, 6.45) is 4.42. The number of nitrogens with one attached hydrogen (secondary N) is 1. The van der Waals surface area contributed by atoms with Crippen LogP contribution in [0.15, 0.2) is 9.64 Å². The second-order valence-electron chi connectivity index (χ2n) is 5.91. The van der Waals surface area contributed by atoms with Gasteiger partial charge in [-0.2, -0.15) is 0 Å². The lowest BCUT2D eigenvalue weighted by atomic mass is 9.98. The first-order chi connectivity index (χ1) is 9.48. The molecule has 6 heteroatoms. The van der Waals surface area contributed by atoms with E-state index in [1.165, 1.54) is 0 Å². The van der Waals surface area contributed by atoms with Crippen LogP contribution in [0.2, 0.25) is 0 Å². The van der Waals surface area contributed by atoms with Crippen LogP contribution in [0, 0.1) is 13.8 Å². The van der Waals surface area contributed by atoms with Crippen molar-refractivity contribution in [2.45, 2.75) is 68.0 Å². The summed E-state index contributed by atoms with van der Waals surface area (Å²) in [4.78, 5) is 16.0. The van der Waals surface area contributed by atoms with Gasteiger partial charge >= 0.3 is 5.97 Å². The minimum atomic E-state index is -0.741. The van der Waals surface area contributed by atoms with Crippen LogP contribution in [-0.4, -0.2) is 32.9 Å². The van der Waals surface area contributed by atoms with Crippen LogP contribution in [0.4, 0.5) is 0 Å². The van der Waals surface area contributed by atoms with Gasteiger partial charge in [0.1, 0.15) is 11.3 Å². The summed E-state index contributed by atoms with van der Waals surface area (Å²) in [6, 6.07) is 0.404. The molecular weight excluding hydrogens is 276 g/mol. The van der Waals surface area contributed by atoms with Crippen LogP contribution in [0.3, 0.4) is 0 Å². The summed E-state index contributed by atoms with van der Waals surface area (Å²) in [6.45, 7) is 3.82. The summed E-state index contributed by atoms with van der Waals surface area (Å²) < 4.78 is 5.58. The van der Waals surface area contributed by atoms with Crippen LogP contribution in [-0.2, 0) is 4.79 Å². The van der Waals surface area contributed by atoms with Gasteiger partial charge in [0.2, 0.25) is 0 Å². The van der Waals surface area contributed by atoms with Crippen molar-refractivity contribution in [2.24, 2.45) is 0 Å². The highest BCUT2D eigenvalue weighted by Gasteiger charge is 2.48. The molecule has 2 N–H and O–H groups in total. The Kier molecular flexibility index (Phi) is 3.54. The predicted octanol–water partition coefficient (Wildman–Crippen LogP) is 2.51. The molecule has 2 aliphatic rings. The second kappa shape index (κ2) is 5.07. The molecule has 0 bridgehead atoms. The molecule has 5 nitrogen and oxygen atoms in total. The fraction of sp³-hybridized carbons (Fsp3) is 0.714. The standard InChI is InChI=1S/C14H20N2O3S/c1-8-9(2)19-13(15-8)20-11-5-6-14(7-11,12(17)18)16-10-3-4-10/h10-11,16H,3-7H2,1-2H3,(H,17,18). The maximum atomic E-state index is 11.6. The average Bonchev–Trinajstić information content (AvgIpc) is 3.00. The number of rotatable bonds is 5. The van der Waals surface area contributed by atoms with Crippen LogP contribution in [0.5, 0.6) is 0 Å². The Morgan fingerprint density at radius 3 is 2.75 bits per heavy atom. The normalized spacial score (nSPS) is 29.8. The molecule has 1 heterocycles. The quantitative estimate of drug-likeness (QED) is 0.869. The Morgan fingerprint density at radius 2 is 2.20 bits per heavy atom.